The largest absolute Gasteiger partial charge is 0.423 e. The van der Waals surface area contributed by atoms with Crippen molar-refractivity contribution >= 4 is 57.7 Å². The highest BCUT2D eigenvalue weighted by molar-refractivity contribution is 7.14. The third-order valence-corrected chi connectivity index (χ3v) is 4.43. The van der Waals surface area contributed by atoms with Crippen LogP contribution in [0.4, 0.5) is 10.9 Å². The Labute approximate surface area is 163 Å². The number of hydrogen-bond donors (Lipinski definition) is 2. The molecule has 0 bridgehead atoms. The SMILES string of the molecule is Nc1csc(NN=Cc2cccc(OC(=O)c3ccc(Cl)cc3Cl)c2)n1. The standard InChI is InChI=1S/C17H12Cl2N4O2S/c18-11-4-5-13(14(19)7-11)16(24)25-12-3-1-2-10(6-12)8-21-23-17-22-15(20)9-26-17/h1-9H,20H2,(H,22,23). The summed E-state index contributed by atoms with van der Waals surface area (Å²) in [7, 11) is 0. The molecule has 3 aromatic rings. The van der Waals surface area contributed by atoms with E-state index in [0.717, 1.165) is 5.56 Å². The van der Waals surface area contributed by atoms with Crippen LogP contribution in [0.25, 0.3) is 0 Å². The van der Waals surface area contributed by atoms with E-state index in [2.05, 4.69) is 15.5 Å². The number of aromatic nitrogens is 1. The fourth-order valence-electron chi connectivity index (χ4n) is 1.97. The van der Waals surface area contributed by atoms with Gasteiger partial charge in [0.15, 0.2) is 0 Å². The summed E-state index contributed by atoms with van der Waals surface area (Å²) < 4.78 is 5.35. The Balaban J connectivity index is 1.67. The molecule has 0 amide bonds. The van der Waals surface area contributed by atoms with Crippen LogP contribution in [0, 0.1) is 0 Å². The first-order valence-electron chi connectivity index (χ1n) is 7.28. The molecule has 6 nitrogen and oxygen atoms in total. The van der Waals surface area contributed by atoms with Crippen LogP contribution in [0.15, 0.2) is 52.9 Å². The third kappa shape index (κ3) is 4.72. The van der Waals surface area contributed by atoms with Gasteiger partial charge in [-0.05, 0) is 35.9 Å². The quantitative estimate of drug-likeness (QED) is 0.277. The van der Waals surface area contributed by atoms with Crippen LogP contribution in [-0.2, 0) is 0 Å². The number of halogens is 2. The van der Waals surface area contributed by atoms with E-state index < -0.39 is 5.97 Å². The van der Waals surface area contributed by atoms with E-state index >= 15 is 0 Å². The van der Waals surface area contributed by atoms with Gasteiger partial charge in [0.2, 0.25) is 5.13 Å². The molecule has 0 aliphatic rings. The molecule has 0 saturated heterocycles. The minimum atomic E-state index is -0.572. The van der Waals surface area contributed by atoms with Crippen molar-refractivity contribution in [3.63, 3.8) is 0 Å². The molecule has 1 aromatic heterocycles. The van der Waals surface area contributed by atoms with Gasteiger partial charge in [-0.15, -0.1) is 11.3 Å². The molecule has 1 heterocycles. The van der Waals surface area contributed by atoms with Crippen LogP contribution in [-0.4, -0.2) is 17.2 Å². The summed E-state index contributed by atoms with van der Waals surface area (Å²) in [6.45, 7) is 0. The number of benzene rings is 2. The second kappa shape index (κ2) is 8.18. The number of nitrogen functional groups attached to an aromatic ring is 1. The van der Waals surface area contributed by atoms with Gasteiger partial charge >= 0.3 is 5.97 Å². The molecular weight excluding hydrogens is 395 g/mol. The fraction of sp³-hybridized carbons (Fsp3) is 0. The summed E-state index contributed by atoms with van der Waals surface area (Å²) in [6, 6.07) is 11.5. The van der Waals surface area contributed by atoms with Gasteiger partial charge in [-0.3, -0.25) is 5.43 Å². The number of anilines is 2. The summed E-state index contributed by atoms with van der Waals surface area (Å²) in [6.07, 6.45) is 1.57. The molecule has 0 aliphatic heterocycles. The maximum Gasteiger partial charge on any atom is 0.345 e. The van der Waals surface area contributed by atoms with Gasteiger partial charge in [0, 0.05) is 10.4 Å². The molecule has 3 N–H and O–H groups in total. The van der Waals surface area contributed by atoms with Crippen LogP contribution in [0.3, 0.4) is 0 Å². The zero-order chi connectivity index (χ0) is 18.5. The predicted octanol–water partition coefficient (Wildman–Crippen LogP) is 4.70. The van der Waals surface area contributed by atoms with Crippen LogP contribution < -0.4 is 15.9 Å². The molecule has 0 unspecified atom stereocenters. The number of carbonyl (C=O) groups excluding carboxylic acids is 1. The van der Waals surface area contributed by atoms with Gasteiger partial charge in [-0.2, -0.15) is 5.10 Å². The summed E-state index contributed by atoms with van der Waals surface area (Å²) in [5, 5.41) is 7.03. The summed E-state index contributed by atoms with van der Waals surface area (Å²) in [5.74, 6) is 0.225. The number of esters is 1. The van der Waals surface area contributed by atoms with Gasteiger partial charge in [0.1, 0.15) is 11.6 Å². The number of rotatable bonds is 5. The Morgan fingerprint density at radius 2 is 2.12 bits per heavy atom. The summed E-state index contributed by atoms with van der Waals surface area (Å²) in [5.41, 5.74) is 9.27. The summed E-state index contributed by atoms with van der Waals surface area (Å²) >= 11 is 13.2. The van der Waals surface area contributed by atoms with Gasteiger partial charge in [-0.25, -0.2) is 9.78 Å². The first kappa shape index (κ1) is 18.2. The molecule has 0 atom stereocenters. The van der Waals surface area contributed by atoms with Crippen molar-refractivity contribution in [1.82, 2.24) is 4.98 Å². The number of hydrogen-bond acceptors (Lipinski definition) is 7. The lowest BCUT2D eigenvalue weighted by molar-refractivity contribution is 0.0735. The lowest BCUT2D eigenvalue weighted by atomic mass is 10.2. The van der Waals surface area contributed by atoms with Crippen LogP contribution in [0.2, 0.25) is 10.0 Å². The number of nitrogens with zero attached hydrogens (tertiary/aromatic N) is 2. The average Bonchev–Trinajstić information content (AvgIpc) is 3.00. The first-order chi connectivity index (χ1) is 12.5. The number of ether oxygens (including phenoxy) is 1. The maximum atomic E-state index is 12.2. The molecule has 0 radical (unpaired) electrons. The van der Waals surface area contributed by atoms with Crippen molar-refractivity contribution < 1.29 is 9.53 Å². The highest BCUT2D eigenvalue weighted by Crippen LogP contribution is 2.23. The van der Waals surface area contributed by atoms with Crippen molar-refractivity contribution in [3.8, 4) is 5.75 Å². The van der Waals surface area contributed by atoms with Gasteiger partial charge in [0.05, 0.1) is 16.8 Å². The molecule has 0 spiro atoms. The smallest absolute Gasteiger partial charge is 0.345 e. The normalized spacial score (nSPS) is 10.8. The molecule has 9 heteroatoms. The average molecular weight is 407 g/mol. The monoisotopic (exact) mass is 406 g/mol. The molecule has 3 rings (SSSR count). The maximum absolute atomic E-state index is 12.2. The van der Waals surface area contributed by atoms with E-state index in [0.29, 0.717) is 21.7 Å². The van der Waals surface area contributed by atoms with E-state index in [9.17, 15) is 4.79 Å². The fourth-order valence-corrected chi connectivity index (χ4v) is 3.01. The second-order valence-corrected chi connectivity index (χ2v) is 6.74. The number of thiazole rings is 1. The lowest BCUT2D eigenvalue weighted by Crippen LogP contribution is -2.09. The van der Waals surface area contributed by atoms with E-state index in [1.54, 1.807) is 35.9 Å². The molecule has 0 saturated carbocycles. The Bertz CT molecular complexity index is 975. The molecular formula is C17H12Cl2N4O2S. The molecule has 132 valence electrons. The zero-order valence-electron chi connectivity index (χ0n) is 13.1. The Morgan fingerprint density at radius 1 is 1.27 bits per heavy atom. The highest BCUT2D eigenvalue weighted by atomic mass is 35.5. The lowest BCUT2D eigenvalue weighted by Gasteiger charge is -2.06. The molecule has 26 heavy (non-hydrogen) atoms. The highest BCUT2D eigenvalue weighted by Gasteiger charge is 2.13. The van der Waals surface area contributed by atoms with Crippen LogP contribution >= 0.6 is 34.5 Å². The second-order valence-electron chi connectivity index (χ2n) is 5.03. The van der Waals surface area contributed by atoms with Gasteiger partial charge in [0.25, 0.3) is 0 Å². The Morgan fingerprint density at radius 3 is 2.85 bits per heavy atom. The van der Waals surface area contributed by atoms with Crippen molar-refractivity contribution in [2.75, 3.05) is 11.2 Å². The Hall–Kier alpha value is -2.61. The van der Waals surface area contributed by atoms with Crippen LogP contribution in [0.5, 0.6) is 5.75 Å². The topological polar surface area (TPSA) is 89.6 Å². The number of nitrogens with two attached hydrogens (primary N) is 1. The minimum Gasteiger partial charge on any atom is -0.423 e. The predicted molar refractivity (Wildman–Crippen MR) is 106 cm³/mol. The van der Waals surface area contributed by atoms with Gasteiger partial charge < -0.3 is 10.5 Å². The van der Waals surface area contributed by atoms with E-state index in [1.165, 1.54) is 23.5 Å². The van der Waals surface area contributed by atoms with Gasteiger partial charge in [-0.1, -0.05) is 35.3 Å². The Kier molecular flexibility index (Phi) is 5.72. The third-order valence-electron chi connectivity index (χ3n) is 3.12. The molecule has 2 aromatic carbocycles. The van der Waals surface area contributed by atoms with E-state index in [-0.39, 0.29) is 10.6 Å². The van der Waals surface area contributed by atoms with Crippen molar-refractivity contribution in [2.45, 2.75) is 0 Å². The van der Waals surface area contributed by atoms with Crippen molar-refractivity contribution in [3.05, 3.63) is 69.0 Å². The van der Waals surface area contributed by atoms with Crippen molar-refractivity contribution in [1.29, 1.82) is 0 Å². The van der Waals surface area contributed by atoms with E-state index in [1.807, 2.05) is 6.07 Å². The zero-order valence-corrected chi connectivity index (χ0v) is 15.5. The first-order valence-corrected chi connectivity index (χ1v) is 8.92. The number of carbonyl (C=O) groups is 1. The number of nitrogens with one attached hydrogen (secondary N) is 1. The molecule has 0 fully saturated rings. The van der Waals surface area contributed by atoms with Crippen LogP contribution in [0.1, 0.15) is 15.9 Å². The minimum absolute atomic E-state index is 0.229. The van der Waals surface area contributed by atoms with E-state index in [4.69, 9.17) is 33.7 Å². The molecule has 0 aliphatic carbocycles. The number of hydrazone groups is 1. The van der Waals surface area contributed by atoms with Crippen molar-refractivity contribution in [2.24, 2.45) is 5.10 Å². The summed E-state index contributed by atoms with van der Waals surface area (Å²) in [4.78, 5) is 16.3.